The highest BCUT2D eigenvalue weighted by Crippen LogP contribution is 2.32. The monoisotopic (exact) mass is 299 g/mol. The van der Waals surface area contributed by atoms with Gasteiger partial charge in [0.2, 0.25) is 0 Å². The second-order valence-electron chi connectivity index (χ2n) is 4.98. The van der Waals surface area contributed by atoms with Gasteiger partial charge in [-0.05, 0) is 42.8 Å². The molecule has 0 atom stereocenters. The number of benzene rings is 2. The van der Waals surface area contributed by atoms with Gasteiger partial charge in [0.15, 0.2) is 0 Å². The molecule has 1 aliphatic heterocycles. The third-order valence-corrected chi connectivity index (χ3v) is 3.55. The number of anilines is 1. The van der Waals surface area contributed by atoms with Gasteiger partial charge in [-0.3, -0.25) is 9.59 Å². The topological polar surface area (TPSA) is 46.6 Å². The van der Waals surface area contributed by atoms with Crippen LogP contribution in [0.3, 0.4) is 0 Å². The van der Waals surface area contributed by atoms with Crippen molar-refractivity contribution in [3.05, 3.63) is 59.4 Å². The van der Waals surface area contributed by atoms with Crippen molar-refractivity contribution in [2.75, 3.05) is 11.4 Å². The van der Waals surface area contributed by atoms with Gasteiger partial charge in [0, 0.05) is 6.54 Å². The van der Waals surface area contributed by atoms with Crippen molar-refractivity contribution in [3.8, 4) is 5.75 Å². The van der Waals surface area contributed by atoms with E-state index in [4.69, 9.17) is 4.74 Å². The molecule has 0 aromatic heterocycles. The molecule has 0 saturated heterocycles. The van der Waals surface area contributed by atoms with Crippen LogP contribution in [0.15, 0.2) is 42.5 Å². The lowest BCUT2D eigenvalue weighted by molar-refractivity contribution is -0.114. The number of nitrogens with zero attached hydrogens (tertiary/aromatic N) is 1. The van der Waals surface area contributed by atoms with Crippen LogP contribution in [0.25, 0.3) is 0 Å². The number of rotatable bonds is 4. The Morgan fingerprint density at radius 3 is 2.68 bits per heavy atom. The second-order valence-corrected chi connectivity index (χ2v) is 4.98. The van der Waals surface area contributed by atoms with Crippen LogP contribution in [-0.2, 0) is 11.4 Å². The van der Waals surface area contributed by atoms with Crippen molar-refractivity contribution in [1.82, 2.24) is 0 Å². The van der Waals surface area contributed by atoms with Crippen molar-refractivity contribution >= 4 is 17.4 Å². The number of halogens is 1. The molecule has 1 amide bonds. The summed E-state index contributed by atoms with van der Waals surface area (Å²) in [5, 5.41) is 0. The molecule has 0 saturated carbocycles. The number of ketones is 1. The van der Waals surface area contributed by atoms with E-state index in [1.165, 1.54) is 17.0 Å². The van der Waals surface area contributed by atoms with Crippen molar-refractivity contribution in [3.63, 3.8) is 0 Å². The van der Waals surface area contributed by atoms with Gasteiger partial charge in [0.1, 0.15) is 18.2 Å². The van der Waals surface area contributed by atoms with Gasteiger partial charge >= 0.3 is 0 Å². The third kappa shape index (κ3) is 2.45. The summed E-state index contributed by atoms with van der Waals surface area (Å²) in [5.41, 5.74) is 1.65. The molecule has 4 nitrogen and oxygen atoms in total. The lowest BCUT2D eigenvalue weighted by Crippen LogP contribution is -2.29. The Balaban J connectivity index is 1.80. The van der Waals surface area contributed by atoms with E-state index in [1.54, 1.807) is 30.3 Å². The Hall–Kier alpha value is -2.69. The number of carbonyl (C=O) groups is 2. The molecule has 0 bridgehead atoms. The fourth-order valence-electron chi connectivity index (χ4n) is 2.48. The first-order valence-electron chi connectivity index (χ1n) is 6.97. The fraction of sp³-hybridized carbons (Fsp3) is 0.176. The molecule has 0 spiro atoms. The summed E-state index contributed by atoms with van der Waals surface area (Å²) in [7, 11) is 0. The van der Waals surface area contributed by atoms with E-state index in [0.29, 0.717) is 29.1 Å². The van der Waals surface area contributed by atoms with Crippen LogP contribution in [-0.4, -0.2) is 18.2 Å². The summed E-state index contributed by atoms with van der Waals surface area (Å²) in [5.74, 6) is -0.885. The van der Waals surface area contributed by atoms with Crippen LogP contribution in [0.5, 0.6) is 5.75 Å². The molecule has 0 N–H and O–H groups in total. The minimum Gasteiger partial charge on any atom is -0.489 e. The molecule has 1 heterocycles. The van der Waals surface area contributed by atoms with E-state index in [2.05, 4.69) is 0 Å². The molecule has 2 aromatic rings. The maximum absolute atomic E-state index is 13.1. The molecule has 0 radical (unpaired) electrons. The van der Waals surface area contributed by atoms with Crippen LogP contribution in [0.4, 0.5) is 10.1 Å². The van der Waals surface area contributed by atoms with E-state index in [9.17, 15) is 14.0 Å². The first kappa shape index (κ1) is 14.3. The minimum atomic E-state index is -0.520. The molecular weight excluding hydrogens is 285 g/mol. The van der Waals surface area contributed by atoms with Crippen LogP contribution in [0.2, 0.25) is 0 Å². The number of hydrogen-bond acceptors (Lipinski definition) is 3. The quantitative estimate of drug-likeness (QED) is 0.815. The first-order valence-corrected chi connectivity index (χ1v) is 6.97. The molecule has 5 heteroatoms. The highest BCUT2D eigenvalue weighted by Gasteiger charge is 2.34. The lowest BCUT2D eigenvalue weighted by atomic mass is 10.1. The van der Waals surface area contributed by atoms with E-state index in [0.717, 1.165) is 0 Å². The molecule has 0 unspecified atom stereocenters. The zero-order chi connectivity index (χ0) is 15.7. The van der Waals surface area contributed by atoms with Gasteiger partial charge in [-0.1, -0.05) is 12.1 Å². The van der Waals surface area contributed by atoms with Crippen LogP contribution < -0.4 is 9.64 Å². The normalized spacial score (nSPS) is 13.5. The van der Waals surface area contributed by atoms with E-state index < -0.39 is 11.7 Å². The smallest absolute Gasteiger partial charge is 0.299 e. The van der Waals surface area contributed by atoms with Crippen molar-refractivity contribution in [1.29, 1.82) is 0 Å². The van der Waals surface area contributed by atoms with Crippen LogP contribution >= 0.6 is 0 Å². The molecule has 0 fully saturated rings. The molecule has 2 aromatic carbocycles. The van der Waals surface area contributed by atoms with Gasteiger partial charge in [0.25, 0.3) is 11.7 Å². The summed E-state index contributed by atoms with van der Waals surface area (Å²) in [6.07, 6.45) is 0. The van der Waals surface area contributed by atoms with Gasteiger partial charge in [-0.2, -0.15) is 0 Å². The van der Waals surface area contributed by atoms with Crippen LogP contribution in [0.1, 0.15) is 22.8 Å². The number of hydrogen-bond donors (Lipinski definition) is 0. The highest BCUT2D eigenvalue weighted by atomic mass is 19.1. The Morgan fingerprint density at radius 1 is 1.14 bits per heavy atom. The standard InChI is InChI=1S/C17H14FNO3/c1-2-19-15-7-6-13(9-14(15)16(20)17(19)21)22-10-11-4-3-5-12(18)8-11/h3-9H,2,10H2,1H3. The predicted molar refractivity (Wildman–Crippen MR) is 79.5 cm³/mol. The van der Waals surface area contributed by atoms with Crippen LogP contribution in [0, 0.1) is 5.82 Å². The summed E-state index contributed by atoms with van der Waals surface area (Å²) in [4.78, 5) is 25.2. The largest absolute Gasteiger partial charge is 0.489 e. The Labute approximate surface area is 127 Å². The second kappa shape index (κ2) is 5.60. The number of carbonyl (C=O) groups excluding carboxylic acids is 2. The Bertz CT molecular complexity index is 757. The van der Waals surface area contributed by atoms with Gasteiger partial charge in [-0.25, -0.2) is 4.39 Å². The Kier molecular flexibility index (Phi) is 3.63. The maximum atomic E-state index is 13.1. The fourth-order valence-corrected chi connectivity index (χ4v) is 2.48. The van der Waals surface area contributed by atoms with Crippen molar-refractivity contribution in [2.24, 2.45) is 0 Å². The minimum absolute atomic E-state index is 0.191. The highest BCUT2D eigenvalue weighted by molar-refractivity contribution is 6.52. The maximum Gasteiger partial charge on any atom is 0.299 e. The first-order chi connectivity index (χ1) is 10.6. The number of ether oxygens (including phenoxy) is 1. The number of fused-ring (bicyclic) bond motifs is 1. The summed E-state index contributed by atoms with van der Waals surface area (Å²) < 4.78 is 18.7. The zero-order valence-corrected chi connectivity index (χ0v) is 12.0. The predicted octanol–water partition coefficient (Wildman–Crippen LogP) is 2.95. The van der Waals surface area contributed by atoms with E-state index >= 15 is 0 Å². The summed E-state index contributed by atoms with van der Waals surface area (Å²) in [6.45, 7) is 2.45. The van der Waals surface area contributed by atoms with Crippen molar-refractivity contribution < 1.29 is 18.7 Å². The molecule has 112 valence electrons. The molecule has 1 aliphatic rings. The molecule has 3 rings (SSSR count). The summed E-state index contributed by atoms with van der Waals surface area (Å²) >= 11 is 0. The molecular formula is C17H14FNO3. The zero-order valence-electron chi connectivity index (χ0n) is 12.0. The summed E-state index contributed by atoms with van der Waals surface area (Å²) in [6, 6.07) is 11.1. The van der Waals surface area contributed by atoms with Gasteiger partial charge in [-0.15, -0.1) is 0 Å². The number of Topliss-reactive ketones (excluding diaryl/α,β-unsaturated/α-hetero) is 1. The number of likely N-dealkylation sites (N-methyl/N-ethyl adjacent to an activating group) is 1. The van der Waals surface area contributed by atoms with E-state index in [-0.39, 0.29) is 12.4 Å². The third-order valence-electron chi connectivity index (χ3n) is 3.55. The average Bonchev–Trinajstić information content (AvgIpc) is 2.76. The van der Waals surface area contributed by atoms with Gasteiger partial charge in [0.05, 0.1) is 11.3 Å². The van der Waals surface area contributed by atoms with E-state index in [1.807, 2.05) is 6.92 Å². The molecule has 0 aliphatic carbocycles. The van der Waals surface area contributed by atoms with Gasteiger partial charge < -0.3 is 9.64 Å². The number of amides is 1. The Morgan fingerprint density at radius 2 is 1.95 bits per heavy atom. The average molecular weight is 299 g/mol. The lowest BCUT2D eigenvalue weighted by Gasteiger charge is -2.13. The SMILES string of the molecule is CCN1C(=O)C(=O)c2cc(OCc3cccc(F)c3)ccc21. The van der Waals surface area contributed by atoms with Crippen molar-refractivity contribution in [2.45, 2.75) is 13.5 Å². The molecule has 22 heavy (non-hydrogen) atoms.